The van der Waals surface area contributed by atoms with Crippen molar-refractivity contribution in [3.63, 3.8) is 0 Å². The highest BCUT2D eigenvalue weighted by Crippen LogP contribution is 2.26. The Balaban J connectivity index is 1.69. The van der Waals surface area contributed by atoms with Gasteiger partial charge in [-0.25, -0.2) is 9.37 Å². The van der Waals surface area contributed by atoms with E-state index in [1.165, 1.54) is 24.3 Å². The number of hydrogen-bond acceptors (Lipinski definition) is 4. The minimum atomic E-state index is -0.246. The van der Waals surface area contributed by atoms with Crippen molar-refractivity contribution in [1.82, 2.24) is 4.98 Å². The summed E-state index contributed by atoms with van der Waals surface area (Å²) in [5, 5.41) is 3.48. The molecule has 0 bridgehead atoms. The van der Waals surface area contributed by atoms with Crippen molar-refractivity contribution in [3.05, 3.63) is 52.8 Å². The lowest BCUT2D eigenvalue weighted by molar-refractivity contribution is -0.114. The Hall–Kier alpha value is -2.47. The molecule has 6 heteroatoms. The number of benzene rings is 2. The zero-order chi connectivity index (χ0) is 16.4. The number of carbonyl (C=O) groups is 1. The van der Waals surface area contributed by atoms with E-state index in [0.29, 0.717) is 23.4 Å². The molecule has 2 aromatic carbocycles. The monoisotopic (exact) mass is 330 g/mol. The van der Waals surface area contributed by atoms with Crippen LogP contribution in [-0.2, 0) is 11.4 Å². The lowest BCUT2D eigenvalue weighted by Gasteiger charge is -2.05. The van der Waals surface area contributed by atoms with E-state index >= 15 is 0 Å². The van der Waals surface area contributed by atoms with Gasteiger partial charge in [0.1, 0.15) is 23.2 Å². The smallest absolute Gasteiger partial charge is 0.221 e. The molecule has 0 radical (unpaired) electrons. The molecule has 23 heavy (non-hydrogen) atoms. The van der Waals surface area contributed by atoms with E-state index in [4.69, 9.17) is 4.74 Å². The first kappa shape index (κ1) is 15.4. The predicted molar refractivity (Wildman–Crippen MR) is 89.4 cm³/mol. The van der Waals surface area contributed by atoms with E-state index in [2.05, 4.69) is 10.3 Å². The number of aryl methyl sites for hydroxylation is 1. The molecule has 1 aromatic heterocycles. The molecule has 0 fully saturated rings. The number of nitrogens with zero attached hydrogens (tertiary/aromatic N) is 1. The summed E-state index contributed by atoms with van der Waals surface area (Å²) < 4.78 is 20.2. The van der Waals surface area contributed by atoms with Crippen LogP contribution in [0.5, 0.6) is 5.75 Å². The van der Waals surface area contributed by atoms with Gasteiger partial charge in [0.05, 0.1) is 10.2 Å². The van der Waals surface area contributed by atoms with Gasteiger partial charge in [-0.05, 0) is 42.8 Å². The molecule has 4 nitrogen and oxygen atoms in total. The Morgan fingerprint density at radius 1 is 1.30 bits per heavy atom. The molecule has 0 atom stereocenters. The van der Waals surface area contributed by atoms with Gasteiger partial charge < -0.3 is 10.1 Å². The summed E-state index contributed by atoms with van der Waals surface area (Å²) in [6, 6.07) is 10.4. The van der Waals surface area contributed by atoms with E-state index in [0.717, 1.165) is 15.4 Å². The van der Waals surface area contributed by atoms with Crippen LogP contribution in [0.25, 0.3) is 10.2 Å². The van der Waals surface area contributed by atoms with Gasteiger partial charge in [0, 0.05) is 18.7 Å². The largest absolute Gasteiger partial charge is 0.486 e. The number of amides is 1. The molecular weight excluding hydrogens is 315 g/mol. The lowest BCUT2D eigenvalue weighted by Crippen LogP contribution is -2.05. The fourth-order valence-corrected chi connectivity index (χ4v) is 3.10. The van der Waals surface area contributed by atoms with Crippen LogP contribution >= 0.6 is 11.3 Å². The van der Waals surface area contributed by atoms with Crippen molar-refractivity contribution in [2.45, 2.75) is 20.5 Å². The predicted octanol–water partition coefficient (Wildman–Crippen LogP) is 4.28. The van der Waals surface area contributed by atoms with Gasteiger partial charge in [-0.1, -0.05) is 0 Å². The molecule has 0 aliphatic rings. The summed E-state index contributed by atoms with van der Waals surface area (Å²) in [5.41, 5.74) is 1.98. The maximum absolute atomic E-state index is 13.5. The van der Waals surface area contributed by atoms with Gasteiger partial charge in [0.15, 0.2) is 0 Å². The number of hydrogen-bond donors (Lipinski definition) is 1. The molecule has 0 saturated carbocycles. The Labute approximate surface area is 136 Å². The molecule has 0 aliphatic heterocycles. The summed E-state index contributed by atoms with van der Waals surface area (Å²) in [7, 11) is 0. The van der Waals surface area contributed by atoms with Crippen molar-refractivity contribution in [2.24, 2.45) is 0 Å². The molecule has 3 aromatic rings. The van der Waals surface area contributed by atoms with E-state index in [1.807, 2.05) is 0 Å². The fraction of sp³-hybridized carbons (Fsp3) is 0.176. The van der Waals surface area contributed by atoms with Crippen LogP contribution in [0.4, 0.5) is 10.1 Å². The molecule has 0 aliphatic carbocycles. The lowest BCUT2D eigenvalue weighted by atomic mass is 10.2. The number of aromatic nitrogens is 1. The SMILES string of the molecule is CC(=O)Nc1ccc(OCc2nc3cc(F)c(C)cc3s2)cc1. The third kappa shape index (κ3) is 3.65. The van der Waals surface area contributed by atoms with Crippen LogP contribution in [-0.4, -0.2) is 10.9 Å². The first-order valence-corrected chi connectivity index (χ1v) is 7.89. The van der Waals surface area contributed by atoms with E-state index < -0.39 is 0 Å². The molecule has 118 valence electrons. The van der Waals surface area contributed by atoms with Crippen molar-refractivity contribution in [1.29, 1.82) is 0 Å². The van der Waals surface area contributed by atoms with Crippen LogP contribution in [0.15, 0.2) is 36.4 Å². The maximum atomic E-state index is 13.5. The van der Waals surface area contributed by atoms with Crippen molar-refractivity contribution < 1.29 is 13.9 Å². The second-order valence-electron chi connectivity index (χ2n) is 5.17. The number of ether oxygens (including phenoxy) is 1. The second-order valence-corrected chi connectivity index (χ2v) is 6.29. The Morgan fingerprint density at radius 3 is 2.74 bits per heavy atom. The molecular formula is C17H15FN2O2S. The van der Waals surface area contributed by atoms with Crippen molar-refractivity contribution in [2.75, 3.05) is 5.32 Å². The van der Waals surface area contributed by atoms with Gasteiger partial charge in [0.25, 0.3) is 0 Å². The van der Waals surface area contributed by atoms with Gasteiger partial charge in [0.2, 0.25) is 5.91 Å². The molecule has 1 N–H and O–H groups in total. The summed E-state index contributed by atoms with van der Waals surface area (Å²) in [5.74, 6) is 0.320. The standard InChI is InChI=1S/C17H15FN2O2S/c1-10-7-16-15(8-14(10)18)20-17(23-16)9-22-13-5-3-12(4-6-13)19-11(2)21/h3-8H,9H2,1-2H3,(H,19,21). The van der Waals surface area contributed by atoms with Crippen molar-refractivity contribution in [3.8, 4) is 5.75 Å². The molecule has 1 heterocycles. The number of halogens is 1. The Kier molecular flexibility index (Phi) is 4.25. The van der Waals surface area contributed by atoms with Gasteiger partial charge >= 0.3 is 0 Å². The van der Waals surface area contributed by atoms with E-state index in [-0.39, 0.29) is 11.7 Å². The third-order valence-corrected chi connectivity index (χ3v) is 4.24. The number of nitrogens with one attached hydrogen (secondary N) is 1. The minimum Gasteiger partial charge on any atom is -0.486 e. The highest BCUT2D eigenvalue weighted by molar-refractivity contribution is 7.18. The summed E-state index contributed by atoms with van der Waals surface area (Å²) in [6.07, 6.45) is 0. The Bertz CT molecular complexity index is 820. The third-order valence-electron chi connectivity index (χ3n) is 3.25. The van der Waals surface area contributed by atoms with Crippen LogP contribution in [0.2, 0.25) is 0 Å². The normalized spacial score (nSPS) is 10.7. The van der Waals surface area contributed by atoms with Gasteiger partial charge in [-0.2, -0.15) is 0 Å². The maximum Gasteiger partial charge on any atom is 0.221 e. The van der Waals surface area contributed by atoms with Crippen LogP contribution in [0, 0.1) is 12.7 Å². The van der Waals surface area contributed by atoms with Crippen LogP contribution < -0.4 is 10.1 Å². The fourth-order valence-electron chi connectivity index (χ4n) is 2.14. The molecule has 0 saturated heterocycles. The minimum absolute atomic E-state index is 0.115. The highest BCUT2D eigenvalue weighted by Gasteiger charge is 2.08. The number of fused-ring (bicyclic) bond motifs is 1. The number of anilines is 1. The number of thiazole rings is 1. The van der Waals surface area contributed by atoms with Crippen LogP contribution in [0.3, 0.4) is 0 Å². The average molecular weight is 330 g/mol. The quantitative estimate of drug-likeness (QED) is 0.777. The molecule has 0 spiro atoms. The first-order valence-electron chi connectivity index (χ1n) is 7.07. The highest BCUT2D eigenvalue weighted by atomic mass is 32.1. The topological polar surface area (TPSA) is 51.2 Å². The zero-order valence-electron chi connectivity index (χ0n) is 12.7. The van der Waals surface area contributed by atoms with Gasteiger partial charge in [-0.3, -0.25) is 4.79 Å². The molecule has 0 unspecified atom stereocenters. The number of carbonyl (C=O) groups excluding carboxylic acids is 1. The van der Waals surface area contributed by atoms with Crippen molar-refractivity contribution >= 4 is 33.1 Å². The van der Waals surface area contributed by atoms with Gasteiger partial charge in [-0.15, -0.1) is 11.3 Å². The second kappa shape index (κ2) is 6.34. The number of rotatable bonds is 4. The molecule has 1 amide bonds. The summed E-state index contributed by atoms with van der Waals surface area (Å²) in [6.45, 7) is 3.52. The van der Waals surface area contributed by atoms with E-state index in [1.54, 1.807) is 37.3 Å². The van der Waals surface area contributed by atoms with Crippen LogP contribution in [0.1, 0.15) is 17.5 Å². The zero-order valence-corrected chi connectivity index (χ0v) is 13.5. The summed E-state index contributed by atoms with van der Waals surface area (Å²) in [4.78, 5) is 15.3. The average Bonchev–Trinajstić information content (AvgIpc) is 2.88. The van der Waals surface area contributed by atoms with E-state index in [9.17, 15) is 9.18 Å². The first-order chi connectivity index (χ1) is 11.0. The summed E-state index contributed by atoms with van der Waals surface area (Å²) >= 11 is 1.49. The Morgan fingerprint density at radius 2 is 2.04 bits per heavy atom. The molecule has 3 rings (SSSR count).